The zero-order valence-electron chi connectivity index (χ0n) is 12.6. The lowest BCUT2D eigenvalue weighted by Crippen LogP contribution is -2.44. The van der Waals surface area contributed by atoms with Crippen molar-refractivity contribution in [3.8, 4) is 5.75 Å². The van der Waals surface area contributed by atoms with Gasteiger partial charge in [0.2, 0.25) is 0 Å². The molecule has 2 nitrogen and oxygen atoms in total. The summed E-state index contributed by atoms with van der Waals surface area (Å²) in [4.78, 5) is 0. The molecule has 1 aliphatic rings. The Morgan fingerprint density at radius 1 is 1.11 bits per heavy atom. The van der Waals surface area contributed by atoms with E-state index in [2.05, 4.69) is 32.9 Å². The molecular formula is C17H27NO. The number of methoxy groups -OCH3 is 1. The van der Waals surface area contributed by atoms with E-state index in [4.69, 9.17) is 10.5 Å². The van der Waals surface area contributed by atoms with Gasteiger partial charge >= 0.3 is 0 Å². The molecule has 0 aromatic heterocycles. The first kappa shape index (κ1) is 14.4. The second-order valence-electron chi connectivity index (χ2n) is 6.60. The van der Waals surface area contributed by atoms with Gasteiger partial charge in [-0.2, -0.15) is 0 Å². The molecule has 1 aromatic rings. The highest BCUT2D eigenvalue weighted by atomic mass is 16.5. The van der Waals surface area contributed by atoms with Gasteiger partial charge in [0, 0.05) is 11.1 Å². The first-order chi connectivity index (χ1) is 8.95. The van der Waals surface area contributed by atoms with Crippen LogP contribution in [-0.2, 0) is 5.54 Å². The minimum atomic E-state index is -0.310. The van der Waals surface area contributed by atoms with E-state index in [1.807, 2.05) is 12.1 Å². The first-order valence-electron chi connectivity index (χ1n) is 7.37. The van der Waals surface area contributed by atoms with Gasteiger partial charge in [-0.3, -0.25) is 0 Å². The van der Waals surface area contributed by atoms with Crippen LogP contribution in [-0.4, -0.2) is 7.11 Å². The average molecular weight is 261 g/mol. The number of hydrogen-bond donors (Lipinski definition) is 1. The number of nitrogens with two attached hydrogens (primary N) is 1. The smallest absolute Gasteiger partial charge is 0.123 e. The molecular weight excluding hydrogens is 234 g/mol. The molecule has 0 amide bonds. The topological polar surface area (TPSA) is 35.2 Å². The fraction of sp³-hybridized carbons (Fsp3) is 0.647. The maximum atomic E-state index is 6.73. The number of hydrogen-bond acceptors (Lipinski definition) is 2. The van der Waals surface area contributed by atoms with Crippen molar-refractivity contribution in [2.75, 3.05) is 7.11 Å². The van der Waals surface area contributed by atoms with Crippen molar-refractivity contribution < 1.29 is 4.74 Å². The molecule has 1 fully saturated rings. The van der Waals surface area contributed by atoms with Crippen LogP contribution >= 0.6 is 0 Å². The van der Waals surface area contributed by atoms with Crippen LogP contribution < -0.4 is 10.5 Å². The molecule has 0 aliphatic heterocycles. The Morgan fingerprint density at radius 3 is 2.26 bits per heavy atom. The Morgan fingerprint density at radius 2 is 1.68 bits per heavy atom. The minimum Gasteiger partial charge on any atom is -0.496 e. The van der Waals surface area contributed by atoms with Gasteiger partial charge < -0.3 is 10.5 Å². The minimum absolute atomic E-state index is 0.310. The summed E-state index contributed by atoms with van der Waals surface area (Å²) in [6, 6.07) is 8.18. The number of para-hydroxylation sites is 1. The van der Waals surface area contributed by atoms with Gasteiger partial charge in [-0.25, -0.2) is 0 Å². The van der Waals surface area contributed by atoms with Crippen LogP contribution in [0.1, 0.15) is 45.6 Å². The Bertz CT molecular complexity index is 417. The maximum absolute atomic E-state index is 6.73. The Balaban J connectivity index is 2.30. The second kappa shape index (κ2) is 5.54. The van der Waals surface area contributed by atoms with Crippen molar-refractivity contribution in [2.45, 2.75) is 45.6 Å². The Kier molecular flexibility index (Phi) is 4.19. The molecule has 19 heavy (non-hydrogen) atoms. The fourth-order valence-electron chi connectivity index (χ4n) is 3.75. The first-order valence-corrected chi connectivity index (χ1v) is 7.37. The quantitative estimate of drug-likeness (QED) is 0.894. The van der Waals surface area contributed by atoms with Gasteiger partial charge in [-0.1, -0.05) is 32.0 Å². The van der Waals surface area contributed by atoms with Crippen molar-refractivity contribution in [3.05, 3.63) is 29.8 Å². The van der Waals surface area contributed by atoms with Gasteiger partial charge in [0.25, 0.3) is 0 Å². The number of ether oxygens (including phenoxy) is 1. The highest BCUT2D eigenvalue weighted by Crippen LogP contribution is 2.43. The van der Waals surface area contributed by atoms with Crippen molar-refractivity contribution in [2.24, 2.45) is 23.5 Å². The van der Waals surface area contributed by atoms with E-state index in [1.54, 1.807) is 7.11 Å². The highest BCUT2D eigenvalue weighted by molar-refractivity contribution is 5.39. The zero-order chi connectivity index (χ0) is 14.0. The molecule has 0 saturated heterocycles. The van der Waals surface area contributed by atoms with Crippen molar-refractivity contribution in [1.29, 1.82) is 0 Å². The molecule has 2 N–H and O–H groups in total. The second-order valence-corrected chi connectivity index (χ2v) is 6.60. The molecule has 2 rings (SSSR count). The van der Waals surface area contributed by atoms with Crippen LogP contribution in [0.4, 0.5) is 0 Å². The monoisotopic (exact) mass is 261 g/mol. The van der Waals surface area contributed by atoms with Crippen LogP contribution in [0.25, 0.3) is 0 Å². The van der Waals surface area contributed by atoms with Gasteiger partial charge in [0.15, 0.2) is 0 Å². The molecule has 1 aliphatic carbocycles. The summed E-state index contributed by atoms with van der Waals surface area (Å²) < 4.78 is 5.50. The van der Waals surface area contributed by atoms with Gasteiger partial charge in [-0.05, 0) is 50.0 Å². The molecule has 0 heterocycles. The molecule has 106 valence electrons. The van der Waals surface area contributed by atoms with E-state index in [9.17, 15) is 0 Å². The standard InChI is InChI=1S/C17H27NO/c1-12-9-13(2)11-14(10-12)17(3,18)15-7-5-6-8-16(15)19-4/h5-8,12-14H,9-11,18H2,1-4H3. The van der Waals surface area contributed by atoms with Crippen LogP contribution in [0.3, 0.4) is 0 Å². The van der Waals surface area contributed by atoms with E-state index >= 15 is 0 Å². The van der Waals surface area contributed by atoms with Gasteiger partial charge in [0.1, 0.15) is 5.75 Å². The highest BCUT2D eigenvalue weighted by Gasteiger charge is 2.38. The summed E-state index contributed by atoms with van der Waals surface area (Å²) >= 11 is 0. The Hall–Kier alpha value is -1.02. The largest absolute Gasteiger partial charge is 0.496 e. The van der Waals surface area contributed by atoms with Crippen molar-refractivity contribution >= 4 is 0 Å². The van der Waals surface area contributed by atoms with E-state index in [0.717, 1.165) is 23.1 Å². The molecule has 0 bridgehead atoms. The summed E-state index contributed by atoms with van der Waals surface area (Å²) in [5, 5.41) is 0. The van der Waals surface area contributed by atoms with Crippen LogP contribution in [0.5, 0.6) is 5.75 Å². The lowest BCUT2D eigenvalue weighted by molar-refractivity contribution is 0.143. The number of rotatable bonds is 3. The van der Waals surface area contributed by atoms with E-state index in [-0.39, 0.29) is 5.54 Å². The SMILES string of the molecule is COc1ccccc1C(C)(N)C1CC(C)CC(C)C1. The normalized spacial score (nSPS) is 30.7. The molecule has 3 atom stereocenters. The summed E-state index contributed by atoms with van der Waals surface area (Å²) in [6.45, 7) is 6.86. The third-order valence-corrected chi connectivity index (χ3v) is 4.71. The van der Waals surface area contributed by atoms with Crippen LogP contribution in [0.15, 0.2) is 24.3 Å². The third-order valence-electron chi connectivity index (χ3n) is 4.71. The predicted molar refractivity (Wildman–Crippen MR) is 80.2 cm³/mol. The average Bonchev–Trinajstić information content (AvgIpc) is 2.37. The van der Waals surface area contributed by atoms with E-state index < -0.39 is 0 Å². The molecule has 2 heteroatoms. The van der Waals surface area contributed by atoms with E-state index in [1.165, 1.54) is 19.3 Å². The third kappa shape index (κ3) is 2.94. The zero-order valence-corrected chi connectivity index (χ0v) is 12.6. The summed E-state index contributed by atoms with van der Waals surface area (Å²) in [5.41, 5.74) is 7.57. The molecule has 1 saturated carbocycles. The molecule has 1 aromatic carbocycles. The van der Waals surface area contributed by atoms with E-state index in [0.29, 0.717) is 5.92 Å². The fourth-order valence-corrected chi connectivity index (χ4v) is 3.75. The number of benzene rings is 1. The molecule has 0 radical (unpaired) electrons. The lowest BCUT2D eigenvalue weighted by Gasteiger charge is -2.42. The van der Waals surface area contributed by atoms with Crippen LogP contribution in [0, 0.1) is 17.8 Å². The summed E-state index contributed by atoms with van der Waals surface area (Å²) in [6.07, 6.45) is 3.77. The molecule has 3 unspecified atom stereocenters. The van der Waals surface area contributed by atoms with Crippen LogP contribution in [0.2, 0.25) is 0 Å². The maximum Gasteiger partial charge on any atom is 0.123 e. The van der Waals surface area contributed by atoms with Crippen molar-refractivity contribution in [1.82, 2.24) is 0 Å². The molecule has 0 spiro atoms. The summed E-state index contributed by atoms with van der Waals surface area (Å²) in [7, 11) is 1.72. The summed E-state index contributed by atoms with van der Waals surface area (Å²) in [5.74, 6) is 2.98. The lowest BCUT2D eigenvalue weighted by atomic mass is 9.67. The van der Waals surface area contributed by atoms with Crippen molar-refractivity contribution in [3.63, 3.8) is 0 Å². The van der Waals surface area contributed by atoms with Gasteiger partial charge in [0.05, 0.1) is 7.11 Å². The van der Waals surface area contributed by atoms with Gasteiger partial charge in [-0.15, -0.1) is 0 Å². The predicted octanol–water partition coefficient (Wildman–Crippen LogP) is 3.94. The Labute approximate surface area is 117 Å².